The molecule has 0 saturated heterocycles. The Bertz CT molecular complexity index is 555. The summed E-state index contributed by atoms with van der Waals surface area (Å²) in [6.07, 6.45) is 1.17. The first-order chi connectivity index (χ1) is 7.22. The molecule has 6 heteroatoms. The van der Waals surface area contributed by atoms with Gasteiger partial charge in [-0.3, -0.25) is 9.36 Å². The zero-order chi connectivity index (χ0) is 10.8. The van der Waals surface area contributed by atoms with Crippen LogP contribution in [0.5, 0.6) is 0 Å². The first kappa shape index (κ1) is 10.2. The third-order valence-electron chi connectivity index (χ3n) is 1.96. The highest BCUT2D eigenvalue weighted by molar-refractivity contribution is 9.10. The van der Waals surface area contributed by atoms with Gasteiger partial charge in [-0.1, -0.05) is 0 Å². The lowest BCUT2D eigenvalue weighted by atomic mass is 10.4. The van der Waals surface area contributed by atoms with Gasteiger partial charge in [0.1, 0.15) is 16.8 Å². The van der Waals surface area contributed by atoms with E-state index >= 15 is 0 Å². The van der Waals surface area contributed by atoms with Crippen LogP contribution in [-0.2, 0) is 6.54 Å². The molecule has 0 aliphatic carbocycles. The zero-order valence-electron chi connectivity index (χ0n) is 7.65. The van der Waals surface area contributed by atoms with E-state index in [-0.39, 0.29) is 12.1 Å². The molecule has 2 rings (SSSR count). The van der Waals surface area contributed by atoms with Crippen molar-refractivity contribution in [1.29, 1.82) is 0 Å². The van der Waals surface area contributed by atoms with Crippen LogP contribution in [0, 0.1) is 0 Å². The van der Waals surface area contributed by atoms with Gasteiger partial charge in [0.25, 0.3) is 5.56 Å². The fourth-order valence-corrected chi connectivity index (χ4v) is 1.62. The second-order valence-electron chi connectivity index (χ2n) is 2.91. The van der Waals surface area contributed by atoms with Gasteiger partial charge in [0.05, 0.1) is 12.7 Å². The number of hydrogen-bond acceptors (Lipinski definition) is 3. The summed E-state index contributed by atoms with van der Waals surface area (Å²) in [6.45, 7) is -0.603. The molecule has 15 heavy (non-hydrogen) atoms. The van der Waals surface area contributed by atoms with Crippen LogP contribution in [0.25, 0.3) is 11.2 Å². The van der Waals surface area contributed by atoms with Crippen LogP contribution in [-0.4, -0.2) is 21.2 Å². The van der Waals surface area contributed by atoms with Crippen LogP contribution in [0.4, 0.5) is 4.39 Å². The van der Waals surface area contributed by atoms with E-state index < -0.39 is 6.67 Å². The summed E-state index contributed by atoms with van der Waals surface area (Å²) >= 11 is 3.19. The second kappa shape index (κ2) is 4.06. The molecule has 0 fully saturated rings. The number of fused-ring (bicyclic) bond motifs is 1. The van der Waals surface area contributed by atoms with Crippen molar-refractivity contribution in [2.24, 2.45) is 0 Å². The standard InChI is InChI=1S/C9H7BrFN3O/c10-7-2-1-6-9(13-7)14(4-3-11)8(15)5-12-6/h1-2,5H,3-4H2. The molecule has 0 unspecified atom stereocenters. The summed E-state index contributed by atoms with van der Waals surface area (Å²) in [7, 11) is 0. The molecule has 4 nitrogen and oxygen atoms in total. The number of alkyl halides is 1. The second-order valence-corrected chi connectivity index (χ2v) is 3.73. The maximum Gasteiger partial charge on any atom is 0.270 e. The first-order valence-electron chi connectivity index (χ1n) is 4.30. The minimum absolute atomic E-state index is 0.00130. The third kappa shape index (κ3) is 1.90. The van der Waals surface area contributed by atoms with Crippen LogP contribution >= 0.6 is 15.9 Å². The zero-order valence-corrected chi connectivity index (χ0v) is 9.24. The van der Waals surface area contributed by atoms with Gasteiger partial charge in [0.2, 0.25) is 0 Å². The van der Waals surface area contributed by atoms with Crippen molar-refractivity contribution >= 4 is 27.1 Å². The summed E-state index contributed by atoms with van der Waals surface area (Å²) < 4.78 is 14.1. The summed E-state index contributed by atoms with van der Waals surface area (Å²) in [5, 5.41) is 0. The predicted molar refractivity (Wildman–Crippen MR) is 57.5 cm³/mol. The molecule has 0 amide bonds. The Hall–Kier alpha value is -1.30. The van der Waals surface area contributed by atoms with Crippen LogP contribution in [0.3, 0.4) is 0 Å². The van der Waals surface area contributed by atoms with Gasteiger partial charge >= 0.3 is 0 Å². The fraction of sp³-hybridized carbons (Fsp3) is 0.222. The summed E-state index contributed by atoms with van der Waals surface area (Å²) in [6, 6.07) is 3.44. The number of halogens is 2. The van der Waals surface area contributed by atoms with Gasteiger partial charge in [-0.2, -0.15) is 0 Å². The lowest BCUT2D eigenvalue weighted by Gasteiger charge is -2.05. The lowest BCUT2D eigenvalue weighted by Crippen LogP contribution is -2.22. The number of hydrogen-bond donors (Lipinski definition) is 0. The number of rotatable bonds is 2. The van der Waals surface area contributed by atoms with Gasteiger partial charge in [0.15, 0.2) is 5.65 Å². The molecule has 0 atom stereocenters. The molecule has 0 bridgehead atoms. The fourth-order valence-electron chi connectivity index (χ4n) is 1.32. The molecule has 0 aliphatic heterocycles. The Morgan fingerprint density at radius 3 is 3.00 bits per heavy atom. The average Bonchev–Trinajstić information content (AvgIpc) is 2.23. The SMILES string of the molecule is O=c1cnc2ccc(Br)nc2n1CCF. The number of pyridine rings is 1. The maximum atomic E-state index is 12.3. The average molecular weight is 272 g/mol. The topological polar surface area (TPSA) is 47.8 Å². The largest absolute Gasteiger partial charge is 0.287 e. The van der Waals surface area contributed by atoms with E-state index in [0.717, 1.165) is 0 Å². The first-order valence-corrected chi connectivity index (χ1v) is 5.10. The molecule has 2 aromatic heterocycles. The lowest BCUT2D eigenvalue weighted by molar-refractivity contribution is 0.444. The minimum atomic E-state index is -0.604. The van der Waals surface area contributed by atoms with Gasteiger partial charge in [-0.05, 0) is 28.1 Å². The van der Waals surface area contributed by atoms with Crippen molar-refractivity contribution in [3.8, 4) is 0 Å². The van der Waals surface area contributed by atoms with Gasteiger partial charge < -0.3 is 0 Å². The van der Waals surface area contributed by atoms with Gasteiger partial charge in [-0.15, -0.1) is 0 Å². The quantitative estimate of drug-likeness (QED) is 0.779. The third-order valence-corrected chi connectivity index (χ3v) is 2.41. The van der Waals surface area contributed by atoms with Crippen molar-refractivity contribution in [2.45, 2.75) is 6.54 Å². The Balaban J connectivity index is 2.78. The number of aromatic nitrogens is 3. The molecular weight excluding hydrogens is 265 g/mol. The summed E-state index contributed by atoms with van der Waals surface area (Å²) in [4.78, 5) is 19.4. The smallest absolute Gasteiger partial charge is 0.270 e. The van der Waals surface area contributed by atoms with Crippen LogP contribution in [0.2, 0.25) is 0 Å². The highest BCUT2D eigenvalue weighted by atomic mass is 79.9. The normalized spacial score (nSPS) is 10.8. The van der Waals surface area contributed by atoms with Crippen molar-refractivity contribution in [3.63, 3.8) is 0 Å². The molecule has 78 valence electrons. The predicted octanol–water partition coefficient (Wildman–Crippen LogP) is 1.52. The molecule has 0 spiro atoms. The Labute approximate surface area is 92.9 Å². The van der Waals surface area contributed by atoms with Crippen molar-refractivity contribution in [3.05, 3.63) is 33.3 Å². The Morgan fingerprint density at radius 2 is 2.27 bits per heavy atom. The van der Waals surface area contributed by atoms with Crippen LogP contribution < -0.4 is 5.56 Å². The molecular formula is C9H7BrFN3O. The number of aryl methyl sites for hydroxylation is 1. The molecule has 2 aromatic rings. The Morgan fingerprint density at radius 1 is 1.47 bits per heavy atom. The van der Waals surface area contributed by atoms with Crippen molar-refractivity contribution in [1.82, 2.24) is 14.5 Å². The van der Waals surface area contributed by atoms with E-state index in [0.29, 0.717) is 15.8 Å². The van der Waals surface area contributed by atoms with Crippen LogP contribution in [0.15, 0.2) is 27.7 Å². The van der Waals surface area contributed by atoms with Crippen molar-refractivity contribution in [2.75, 3.05) is 6.67 Å². The highest BCUT2D eigenvalue weighted by Gasteiger charge is 2.05. The maximum absolute atomic E-state index is 12.3. The van der Waals surface area contributed by atoms with E-state index in [9.17, 15) is 9.18 Å². The van der Waals surface area contributed by atoms with E-state index in [1.165, 1.54) is 10.8 Å². The van der Waals surface area contributed by atoms with Gasteiger partial charge in [-0.25, -0.2) is 14.4 Å². The Kier molecular flexibility index (Phi) is 2.77. The molecule has 0 radical (unpaired) electrons. The molecule has 2 heterocycles. The monoisotopic (exact) mass is 271 g/mol. The molecule has 0 N–H and O–H groups in total. The number of nitrogens with zero attached hydrogens (tertiary/aromatic N) is 3. The van der Waals surface area contributed by atoms with Gasteiger partial charge in [0, 0.05) is 0 Å². The van der Waals surface area contributed by atoms with E-state index in [1.54, 1.807) is 12.1 Å². The van der Waals surface area contributed by atoms with Crippen LogP contribution in [0.1, 0.15) is 0 Å². The molecule has 0 aromatic carbocycles. The van der Waals surface area contributed by atoms with E-state index in [2.05, 4.69) is 25.9 Å². The summed E-state index contributed by atoms with van der Waals surface area (Å²) in [5.41, 5.74) is 0.631. The minimum Gasteiger partial charge on any atom is -0.287 e. The van der Waals surface area contributed by atoms with E-state index in [4.69, 9.17) is 0 Å². The molecule has 0 aliphatic rings. The summed E-state index contributed by atoms with van der Waals surface area (Å²) in [5.74, 6) is 0. The molecule has 0 saturated carbocycles. The van der Waals surface area contributed by atoms with E-state index in [1.807, 2.05) is 0 Å². The highest BCUT2D eigenvalue weighted by Crippen LogP contribution is 2.11. The van der Waals surface area contributed by atoms with Crippen molar-refractivity contribution < 1.29 is 4.39 Å².